The average molecular weight is 245 g/mol. The number of amides is 1. The van der Waals surface area contributed by atoms with E-state index in [0.717, 1.165) is 22.6 Å². The number of nitrogens with one attached hydrogen (secondary N) is 2. The highest BCUT2D eigenvalue weighted by Gasteiger charge is 2.08. The van der Waals surface area contributed by atoms with E-state index in [4.69, 9.17) is 0 Å². The van der Waals surface area contributed by atoms with Gasteiger partial charge in [0.1, 0.15) is 5.00 Å². The van der Waals surface area contributed by atoms with E-state index in [1.54, 1.807) is 24.5 Å². The van der Waals surface area contributed by atoms with E-state index in [1.807, 2.05) is 0 Å². The number of nitrogens with zero attached hydrogens (tertiary/aromatic N) is 3. The quantitative estimate of drug-likeness (QED) is 0.719. The van der Waals surface area contributed by atoms with Gasteiger partial charge in [0.2, 0.25) is 0 Å². The molecule has 17 heavy (non-hydrogen) atoms. The third-order valence-corrected chi connectivity index (χ3v) is 2.86. The maximum Gasteiger partial charge on any atom is 0.256 e. The lowest BCUT2D eigenvalue weighted by Gasteiger charge is -2.01. The Bertz CT molecular complexity index is 660. The molecular formula is C10H7N5OS. The van der Waals surface area contributed by atoms with E-state index in [-0.39, 0.29) is 5.91 Å². The maximum atomic E-state index is 11.9. The number of anilines is 1. The van der Waals surface area contributed by atoms with Gasteiger partial charge >= 0.3 is 0 Å². The molecule has 0 radical (unpaired) electrons. The van der Waals surface area contributed by atoms with Gasteiger partial charge in [-0.3, -0.25) is 4.79 Å². The number of aromatic amines is 1. The minimum absolute atomic E-state index is 0.187. The smallest absolute Gasteiger partial charge is 0.256 e. The number of benzene rings is 1. The van der Waals surface area contributed by atoms with Gasteiger partial charge in [0.15, 0.2) is 0 Å². The van der Waals surface area contributed by atoms with Crippen molar-refractivity contribution in [1.29, 1.82) is 0 Å². The molecule has 2 aromatic heterocycles. The molecule has 1 amide bonds. The van der Waals surface area contributed by atoms with Crippen LogP contribution in [-0.2, 0) is 0 Å². The molecule has 2 heterocycles. The van der Waals surface area contributed by atoms with Gasteiger partial charge in [-0.05, 0) is 18.2 Å². The molecular weight excluding hydrogens is 238 g/mol. The van der Waals surface area contributed by atoms with Gasteiger partial charge in [0, 0.05) is 17.1 Å². The second kappa shape index (κ2) is 3.95. The van der Waals surface area contributed by atoms with E-state index in [0.29, 0.717) is 10.6 Å². The van der Waals surface area contributed by atoms with Crippen molar-refractivity contribution in [3.8, 4) is 0 Å². The molecule has 0 unspecified atom stereocenters. The molecule has 0 saturated heterocycles. The number of rotatable bonds is 2. The zero-order valence-corrected chi connectivity index (χ0v) is 9.36. The minimum atomic E-state index is -0.187. The van der Waals surface area contributed by atoms with Crippen molar-refractivity contribution in [3.05, 3.63) is 36.3 Å². The van der Waals surface area contributed by atoms with Crippen LogP contribution in [0.15, 0.2) is 30.7 Å². The predicted molar refractivity (Wildman–Crippen MR) is 64.0 cm³/mol. The van der Waals surface area contributed by atoms with Crippen LogP contribution in [-0.4, -0.2) is 25.5 Å². The van der Waals surface area contributed by atoms with Gasteiger partial charge in [-0.2, -0.15) is 0 Å². The first-order valence-corrected chi connectivity index (χ1v) is 5.62. The molecule has 0 atom stereocenters. The Kier molecular flexibility index (Phi) is 2.30. The van der Waals surface area contributed by atoms with Gasteiger partial charge in [-0.1, -0.05) is 4.49 Å². The van der Waals surface area contributed by atoms with E-state index < -0.39 is 0 Å². The van der Waals surface area contributed by atoms with Crippen LogP contribution in [0.5, 0.6) is 0 Å². The predicted octanol–water partition coefficient (Wildman–Crippen LogP) is 1.67. The summed E-state index contributed by atoms with van der Waals surface area (Å²) in [6.45, 7) is 0. The number of hydrogen-bond donors (Lipinski definition) is 2. The van der Waals surface area contributed by atoms with Crippen LogP contribution < -0.4 is 5.32 Å². The van der Waals surface area contributed by atoms with Gasteiger partial charge in [-0.25, -0.2) is 4.98 Å². The zero-order valence-electron chi connectivity index (χ0n) is 8.54. The van der Waals surface area contributed by atoms with Crippen LogP contribution in [0.3, 0.4) is 0 Å². The van der Waals surface area contributed by atoms with Crippen molar-refractivity contribution in [1.82, 2.24) is 19.6 Å². The highest BCUT2D eigenvalue weighted by molar-refractivity contribution is 7.10. The first-order valence-electron chi connectivity index (χ1n) is 4.85. The Morgan fingerprint density at radius 1 is 1.41 bits per heavy atom. The molecule has 0 saturated carbocycles. The van der Waals surface area contributed by atoms with Crippen LogP contribution in [0.25, 0.3) is 11.0 Å². The normalized spacial score (nSPS) is 10.6. The first kappa shape index (κ1) is 9.91. The Morgan fingerprint density at radius 3 is 3.18 bits per heavy atom. The van der Waals surface area contributed by atoms with Gasteiger partial charge in [0.05, 0.1) is 23.6 Å². The Labute approximate surface area is 99.9 Å². The summed E-state index contributed by atoms with van der Waals surface area (Å²) in [6.07, 6.45) is 3.11. The standard InChI is InChI=1S/C10H7N5OS/c16-10(14-9-4-13-15-17-9)6-1-2-7-8(3-6)12-5-11-7/h1-5H,(H,11,12)(H,14,16). The third kappa shape index (κ3) is 1.87. The van der Waals surface area contributed by atoms with Crippen LogP contribution in [0, 0.1) is 0 Å². The van der Waals surface area contributed by atoms with Gasteiger partial charge in [-0.15, -0.1) is 5.10 Å². The number of aromatic nitrogens is 4. The second-order valence-electron chi connectivity index (χ2n) is 3.37. The molecule has 0 spiro atoms. The number of hydrogen-bond acceptors (Lipinski definition) is 5. The summed E-state index contributed by atoms with van der Waals surface area (Å²) in [6, 6.07) is 5.28. The summed E-state index contributed by atoms with van der Waals surface area (Å²) in [5.41, 5.74) is 2.23. The molecule has 0 bridgehead atoms. The Hall–Kier alpha value is -2.28. The number of imidazole rings is 1. The summed E-state index contributed by atoms with van der Waals surface area (Å²) in [5.74, 6) is -0.187. The van der Waals surface area contributed by atoms with Crippen molar-refractivity contribution in [2.75, 3.05) is 5.32 Å². The molecule has 6 nitrogen and oxygen atoms in total. The van der Waals surface area contributed by atoms with Crippen molar-refractivity contribution in [2.45, 2.75) is 0 Å². The van der Waals surface area contributed by atoms with Crippen LogP contribution in [0.2, 0.25) is 0 Å². The molecule has 0 aliphatic carbocycles. The summed E-state index contributed by atoms with van der Waals surface area (Å²) in [7, 11) is 0. The second-order valence-corrected chi connectivity index (χ2v) is 4.16. The van der Waals surface area contributed by atoms with Crippen molar-refractivity contribution >= 4 is 33.5 Å². The number of fused-ring (bicyclic) bond motifs is 1. The molecule has 84 valence electrons. The molecule has 0 aliphatic rings. The average Bonchev–Trinajstić information content (AvgIpc) is 2.97. The Balaban J connectivity index is 1.90. The lowest BCUT2D eigenvalue weighted by molar-refractivity contribution is 0.102. The monoisotopic (exact) mass is 245 g/mol. The topological polar surface area (TPSA) is 83.6 Å². The molecule has 3 aromatic rings. The van der Waals surface area contributed by atoms with Crippen molar-refractivity contribution in [3.63, 3.8) is 0 Å². The van der Waals surface area contributed by atoms with Gasteiger partial charge in [0.25, 0.3) is 5.91 Å². The van der Waals surface area contributed by atoms with E-state index >= 15 is 0 Å². The third-order valence-electron chi connectivity index (χ3n) is 2.28. The minimum Gasteiger partial charge on any atom is -0.345 e. The van der Waals surface area contributed by atoms with E-state index in [2.05, 4.69) is 24.9 Å². The van der Waals surface area contributed by atoms with E-state index in [9.17, 15) is 4.79 Å². The summed E-state index contributed by atoms with van der Waals surface area (Å²) in [4.78, 5) is 18.9. The number of H-pyrrole nitrogens is 1. The lowest BCUT2D eigenvalue weighted by Crippen LogP contribution is -2.10. The fourth-order valence-electron chi connectivity index (χ4n) is 1.48. The number of carbonyl (C=O) groups excluding carboxylic acids is 1. The van der Waals surface area contributed by atoms with Crippen LogP contribution in [0.1, 0.15) is 10.4 Å². The van der Waals surface area contributed by atoms with Crippen molar-refractivity contribution < 1.29 is 4.79 Å². The SMILES string of the molecule is O=C(Nc1cnns1)c1ccc2nc[nH]c2c1. The molecule has 0 fully saturated rings. The van der Waals surface area contributed by atoms with Crippen LogP contribution in [0.4, 0.5) is 5.00 Å². The molecule has 0 aliphatic heterocycles. The van der Waals surface area contributed by atoms with Crippen molar-refractivity contribution in [2.24, 2.45) is 0 Å². The summed E-state index contributed by atoms with van der Waals surface area (Å²) in [5, 5.41) is 6.99. The van der Waals surface area contributed by atoms with Crippen LogP contribution >= 0.6 is 11.5 Å². The molecule has 1 aromatic carbocycles. The number of carbonyl (C=O) groups is 1. The zero-order chi connectivity index (χ0) is 11.7. The van der Waals surface area contributed by atoms with E-state index in [1.165, 1.54) is 6.20 Å². The largest absolute Gasteiger partial charge is 0.345 e. The summed E-state index contributed by atoms with van der Waals surface area (Å²) < 4.78 is 3.67. The van der Waals surface area contributed by atoms with Gasteiger partial charge < -0.3 is 10.3 Å². The molecule has 3 rings (SSSR count). The fourth-order valence-corrected chi connectivity index (χ4v) is 1.90. The highest BCUT2D eigenvalue weighted by Crippen LogP contribution is 2.15. The Morgan fingerprint density at radius 2 is 2.35 bits per heavy atom. The molecule has 7 heteroatoms. The maximum absolute atomic E-state index is 11.9. The fraction of sp³-hybridized carbons (Fsp3) is 0. The first-order chi connectivity index (χ1) is 8.33. The highest BCUT2D eigenvalue weighted by atomic mass is 32.1. The summed E-state index contributed by atoms with van der Waals surface area (Å²) >= 11 is 1.14. The molecule has 2 N–H and O–H groups in total. The lowest BCUT2D eigenvalue weighted by atomic mass is 10.2.